The quantitative estimate of drug-likeness (QED) is 0.728. The Labute approximate surface area is 118 Å². The Balaban J connectivity index is 0.000000741. The zero-order chi connectivity index (χ0) is 14.7. The van der Waals surface area contributed by atoms with E-state index in [1.807, 2.05) is 95.0 Å². The van der Waals surface area contributed by atoms with Crippen molar-refractivity contribution in [3.63, 3.8) is 0 Å². The molecule has 0 spiro atoms. The van der Waals surface area contributed by atoms with Gasteiger partial charge >= 0.3 is 0 Å². The van der Waals surface area contributed by atoms with Crippen LogP contribution in [-0.4, -0.2) is 6.66 Å². The van der Waals surface area contributed by atoms with E-state index in [9.17, 15) is 4.57 Å². The van der Waals surface area contributed by atoms with Gasteiger partial charge in [0.1, 0.15) is 7.14 Å². The molecule has 0 aliphatic heterocycles. The molecule has 2 aromatic carbocycles. The Morgan fingerprint density at radius 2 is 0.895 bits per heavy atom. The van der Waals surface area contributed by atoms with Crippen molar-refractivity contribution in [3.05, 3.63) is 60.7 Å². The second-order valence-corrected chi connectivity index (χ2v) is 6.48. The molecule has 0 saturated carbocycles. The summed E-state index contributed by atoms with van der Waals surface area (Å²) in [4.78, 5) is 0. The van der Waals surface area contributed by atoms with Gasteiger partial charge in [-0.05, 0) is 6.66 Å². The molecule has 0 N–H and O–H groups in total. The topological polar surface area (TPSA) is 17.1 Å². The summed E-state index contributed by atoms with van der Waals surface area (Å²) in [7, 11) is -2.40. The van der Waals surface area contributed by atoms with E-state index in [1.54, 1.807) is 0 Å². The van der Waals surface area contributed by atoms with Gasteiger partial charge in [0.05, 0.1) is 0 Å². The monoisotopic (exact) mass is 276 g/mol. The van der Waals surface area contributed by atoms with Crippen LogP contribution in [0.25, 0.3) is 0 Å². The van der Waals surface area contributed by atoms with Gasteiger partial charge in [0.25, 0.3) is 0 Å². The van der Waals surface area contributed by atoms with Gasteiger partial charge in [-0.2, -0.15) is 0 Å². The molecule has 0 radical (unpaired) electrons. The molecule has 2 rings (SSSR count). The minimum Gasteiger partial charge on any atom is -0.314 e. The summed E-state index contributed by atoms with van der Waals surface area (Å²) in [6, 6.07) is 19.3. The maximum Gasteiger partial charge on any atom is 0.140 e. The normalized spacial score (nSPS) is 9.53. The molecule has 0 saturated heterocycles. The van der Waals surface area contributed by atoms with E-state index >= 15 is 0 Å². The second-order valence-electron chi connectivity index (χ2n) is 3.60. The maximum absolute atomic E-state index is 12.6. The third-order valence-corrected chi connectivity index (χ3v) is 5.06. The van der Waals surface area contributed by atoms with Crippen LogP contribution in [0, 0.1) is 0 Å². The zero-order valence-electron chi connectivity index (χ0n) is 12.6. The molecule has 2 aromatic rings. The van der Waals surface area contributed by atoms with E-state index in [0.717, 1.165) is 10.6 Å². The largest absolute Gasteiger partial charge is 0.314 e. The van der Waals surface area contributed by atoms with Gasteiger partial charge in [0.15, 0.2) is 0 Å². The fraction of sp³-hybridized carbons (Fsp3) is 0.294. The summed E-state index contributed by atoms with van der Waals surface area (Å²) in [6.45, 7) is 9.82. The molecule has 0 aliphatic rings. The molecule has 0 amide bonds. The standard InChI is InChI=1S/C13H13OP.2C2H6/c1-15(14,12-8-4-2-5-9-12)13-10-6-3-7-11-13;2*1-2/h2-11H,1H3;2*1-2H3. The van der Waals surface area contributed by atoms with Gasteiger partial charge < -0.3 is 4.57 Å². The highest BCUT2D eigenvalue weighted by Crippen LogP contribution is 2.38. The van der Waals surface area contributed by atoms with Crippen molar-refractivity contribution in [2.75, 3.05) is 6.66 Å². The van der Waals surface area contributed by atoms with Crippen molar-refractivity contribution < 1.29 is 4.57 Å². The molecule has 0 atom stereocenters. The predicted molar refractivity (Wildman–Crippen MR) is 88.4 cm³/mol. The van der Waals surface area contributed by atoms with Crippen LogP contribution in [0.1, 0.15) is 27.7 Å². The lowest BCUT2D eigenvalue weighted by Gasteiger charge is -2.13. The van der Waals surface area contributed by atoms with E-state index in [-0.39, 0.29) is 0 Å². The summed E-state index contributed by atoms with van der Waals surface area (Å²) in [5.41, 5.74) is 0. The Bertz CT molecular complexity index is 434. The lowest BCUT2D eigenvalue weighted by molar-refractivity contribution is 0.590. The van der Waals surface area contributed by atoms with Crippen LogP contribution in [0.2, 0.25) is 0 Å². The predicted octanol–water partition coefficient (Wildman–Crippen LogP) is 4.68. The summed E-state index contributed by atoms with van der Waals surface area (Å²) >= 11 is 0. The minimum atomic E-state index is -2.40. The molecular weight excluding hydrogens is 251 g/mol. The molecule has 2 heteroatoms. The third-order valence-electron chi connectivity index (χ3n) is 2.50. The van der Waals surface area contributed by atoms with Crippen LogP contribution in [0.3, 0.4) is 0 Å². The van der Waals surface area contributed by atoms with Crippen LogP contribution in [0.4, 0.5) is 0 Å². The first kappa shape index (κ1) is 17.7. The van der Waals surface area contributed by atoms with Crippen molar-refractivity contribution in [1.29, 1.82) is 0 Å². The van der Waals surface area contributed by atoms with Crippen LogP contribution in [0.5, 0.6) is 0 Å². The summed E-state index contributed by atoms with van der Waals surface area (Å²) in [5.74, 6) is 0. The summed E-state index contributed by atoms with van der Waals surface area (Å²) in [6.07, 6.45) is 0. The minimum absolute atomic E-state index is 0.913. The first-order valence-electron chi connectivity index (χ1n) is 6.90. The highest BCUT2D eigenvalue weighted by Gasteiger charge is 2.19. The molecular formula is C17H25OP. The molecule has 104 valence electrons. The van der Waals surface area contributed by atoms with Crippen molar-refractivity contribution in [3.8, 4) is 0 Å². The van der Waals surface area contributed by atoms with E-state index in [4.69, 9.17) is 0 Å². The van der Waals surface area contributed by atoms with Gasteiger partial charge in [-0.25, -0.2) is 0 Å². The first-order valence-corrected chi connectivity index (χ1v) is 9.05. The maximum atomic E-state index is 12.6. The van der Waals surface area contributed by atoms with Crippen molar-refractivity contribution in [2.24, 2.45) is 0 Å². The van der Waals surface area contributed by atoms with Crippen LogP contribution in [0.15, 0.2) is 60.7 Å². The average molecular weight is 276 g/mol. The van der Waals surface area contributed by atoms with Gasteiger partial charge in [-0.1, -0.05) is 88.4 Å². The Morgan fingerprint density at radius 3 is 1.16 bits per heavy atom. The molecule has 0 unspecified atom stereocenters. The Hall–Kier alpha value is -1.33. The molecule has 0 aromatic heterocycles. The average Bonchev–Trinajstić information content (AvgIpc) is 2.53. The molecule has 1 nitrogen and oxygen atoms in total. The number of benzene rings is 2. The van der Waals surface area contributed by atoms with E-state index in [1.165, 1.54) is 0 Å². The van der Waals surface area contributed by atoms with Gasteiger partial charge in [-0.3, -0.25) is 0 Å². The number of rotatable bonds is 2. The summed E-state index contributed by atoms with van der Waals surface area (Å²) < 4.78 is 12.6. The lowest BCUT2D eigenvalue weighted by atomic mass is 10.4. The summed E-state index contributed by atoms with van der Waals surface area (Å²) in [5, 5.41) is 1.83. The fourth-order valence-electron chi connectivity index (χ4n) is 1.57. The van der Waals surface area contributed by atoms with Crippen LogP contribution >= 0.6 is 7.14 Å². The third kappa shape index (κ3) is 5.04. The smallest absolute Gasteiger partial charge is 0.140 e. The van der Waals surface area contributed by atoms with Crippen molar-refractivity contribution in [1.82, 2.24) is 0 Å². The molecule has 0 heterocycles. The van der Waals surface area contributed by atoms with Gasteiger partial charge in [-0.15, -0.1) is 0 Å². The lowest BCUT2D eigenvalue weighted by Crippen LogP contribution is -2.14. The van der Waals surface area contributed by atoms with Crippen molar-refractivity contribution in [2.45, 2.75) is 27.7 Å². The number of hydrogen-bond donors (Lipinski definition) is 0. The molecule has 0 fully saturated rings. The van der Waals surface area contributed by atoms with E-state index in [2.05, 4.69) is 0 Å². The van der Waals surface area contributed by atoms with E-state index < -0.39 is 7.14 Å². The van der Waals surface area contributed by atoms with Crippen molar-refractivity contribution >= 4 is 17.8 Å². The SMILES string of the molecule is CC.CC.CP(=O)(c1ccccc1)c1ccccc1. The van der Waals surface area contributed by atoms with E-state index in [0.29, 0.717) is 0 Å². The molecule has 0 bridgehead atoms. The second kappa shape index (κ2) is 9.58. The highest BCUT2D eigenvalue weighted by molar-refractivity contribution is 7.78. The molecule has 0 aliphatic carbocycles. The fourth-order valence-corrected chi connectivity index (χ4v) is 3.35. The van der Waals surface area contributed by atoms with Crippen LogP contribution in [-0.2, 0) is 4.57 Å². The molecule has 19 heavy (non-hydrogen) atoms. The van der Waals surface area contributed by atoms with Gasteiger partial charge in [0, 0.05) is 10.6 Å². The Morgan fingerprint density at radius 1 is 0.632 bits per heavy atom. The first-order chi connectivity index (χ1) is 9.21. The van der Waals surface area contributed by atoms with Gasteiger partial charge in [0.2, 0.25) is 0 Å². The Kier molecular flexibility index (Phi) is 8.91. The number of hydrogen-bond acceptors (Lipinski definition) is 1. The zero-order valence-corrected chi connectivity index (χ0v) is 13.5. The van der Waals surface area contributed by atoms with Crippen LogP contribution < -0.4 is 10.6 Å². The highest BCUT2D eigenvalue weighted by atomic mass is 31.2.